The minimum absolute atomic E-state index is 0.570. The molecule has 1 atom stereocenters. The highest BCUT2D eigenvalue weighted by molar-refractivity contribution is 5.55. The van der Waals surface area contributed by atoms with Crippen molar-refractivity contribution in [1.29, 1.82) is 0 Å². The molecule has 1 unspecified atom stereocenters. The molecule has 1 fully saturated rings. The van der Waals surface area contributed by atoms with Crippen LogP contribution in [0.5, 0.6) is 5.75 Å². The molecule has 0 saturated heterocycles. The molecule has 1 aliphatic carbocycles. The van der Waals surface area contributed by atoms with Crippen molar-refractivity contribution in [3.8, 4) is 17.1 Å². The zero-order chi connectivity index (χ0) is 15.5. The molecule has 0 bridgehead atoms. The van der Waals surface area contributed by atoms with Gasteiger partial charge < -0.3 is 9.26 Å². The maximum Gasteiger partial charge on any atom is 0.241 e. The van der Waals surface area contributed by atoms with Gasteiger partial charge in [-0.2, -0.15) is 4.98 Å². The fourth-order valence-corrected chi connectivity index (χ4v) is 2.60. The molecule has 1 aliphatic rings. The van der Waals surface area contributed by atoms with Gasteiger partial charge in [-0.25, -0.2) is 0 Å². The molecule has 0 spiro atoms. The lowest BCUT2D eigenvalue weighted by molar-refractivity contribution is 0.197. The molecular weight excluding hydrogens is 278 g/mol. The zero-order valence-corrected chi connectivity index (χ0v) is 13.5. The Labute approximate surface area is 131 Å². The average molecular weight is 301 g/mol. The third-order valence-electron chi connectivity index (χ3n) is 4.28. The van der Waals surface area contributed by atoms with Crippen LogP contribution in [0.3, 0.4) is 0 Å². The summed E-state index contributed by atoms with van der Waals surface area (Å²) in [5.41, 5.74) is 0.941. The van der Waals surface area contributed by atoms with Crippen molar-refractivity contribution in [3.05, 3.63) is 30.2 Å². The van der Waals surface area contributed by atoms with Crippen LogP contribution in [0.25, 0.3) is 11.4 Å². The number of nitrogens with zero attached hydrogens (tertiary/aromatic N) is 3. The molecule has 1 aromatic carbocycles. The summed E-state index contributed by atoms with van der Waals surface area (Å²) < 4.78 is 10.8. The van der Waals surface area contributed by atoms with E-state index in [1.165, 1.54) is 12.8 Å². The van der Waals surface area contributed by atoms with Crippen LogP contribution in [0.1, 0.15) is 32.6 Å². The first-order chi connectivity index (χ1) is 10.7. The van der Waals surface area contributed by atoms with Crippen LogP contribution in [0.15, 0.2) is 28.8 Å². The maximum atomic E-state index is 5.44. The molecule has 3 rings (SSSR count). The topological polar surface area (TPSA) is 51.4 Å². The molecular formula is C17H23N3O2. The van der Waals surface area contributed by atoms with Gasteiger partial charge in [0.05, 0.1) is 13.2 Å². The molecule has 5 nitrogen and oxygen atoms in total. The van der Waals surface area contributed by atoms with Gasteiger partial charge in [0.1, 0.15) is 5.75 Å². The predicted molar refractivity (Wildman–Crippen MR) is 84.6 cm³/mol. The van der Waals surface area contributed by atoms with E-state index in [2.05, 4.69) is 29.0 Å². The zero-order valence-electron chi connectivity index (χ0n) is 13.5. The van der Waals surface area contributed by atoms with Gasteiger partial charge in [0.25, 0.3) is 0 Å². The van der Waals surface area contributed by atoms with Crippen LogP contribution < -0.4 is 4.74 Å². The van der Waals surface area contributed by atoms with Crippen molar-refractivity contribution in [2.75, 3.05) is 13.7 Å². The van der Waals surface area contributed by atoms with E-state index in [9.17, 15) is 0 Å². The van der Waals surface area contributed by atoms with Crippen molar-refractivity contribution >= 4 is 0 Å². The van der Waals surface area contributed by atoms with Gasteiger partial charge in [-0.3, -0.25) is 4.90 Å². The first-order valence-electron chi connectivity index (χ1n) is 7.93. The van der Waals surface area contributed by atoms with Crippen LogP contribution in [-0.4, -0.2) is 34.7 Å². The highest BCUT2D eigenvalue weighted by Gasteiger charge is 2.31. The van der Waals surface area contributed by atoms with Gasteiger partial charge >= 0.3 is 0 Å². The molecule has 1 saturated carbocycles. The summed E-state index contributed by atoms with van der Waals surface area (Å²) in [6.07, 6.45) is 2.68. The van der Waals surface area contributed by atoms with Gasteiger partial charge in [0.2, 0.25) is 11.7 Å². The number of benzene rings is 1. The van der Waals surface area contributed by atoms with Gasteiger partial charge in [0, 0.05) is 11.6 Å². The average Bonchev–Trinajstić information content (AvgIpc) is 3.27. The minimum atomic E-state index is 0.570. The smallest absolute Gasteiger partial charge is 0.241 e. The number of hydrogen-bond acceptors (Lipinski definition) is 5. The Balaban J connectivity index is 1.65. The monoisotopic (exact) mass is 301 g/mol. The molecule has 0 amide bonds. The lowest BCUT2D eigenvalue weighted by Crippen LogP contribution is -2.30. The SMILES string of the molecule is CCOc1ccc(-c2noc(CN(C)C(C)C3CC3)n2)cc1. The highest BCUT2D eigenvalue weighted by Crippen LogP contribution is 2.35. The van der Waals surface area contributed by atoms with Crippen LogP contribution in [-0.2, 0) is 6.54 Å². The normalized spacial score (nSPS) is 16.0. The number of aromatic nitrogens is 2. The summed E-state index contributed by atoms with van der Waals surface area (Å²) in [6, 6.07) is 8.33. The molecule has 0 N–H and O–H groups in total. The largest absolute Gasteiger partial charge is 0.494 e. The van der Waals surface area contributed by atoms with Crippen molar-refractivity contribution < 1.29 is 9.26 Å². The van der Waals surface area contributed by atoms with Gasteiger partial charge in [-0.1, -0.05) is 5.16 Å². The number of rotatable bonds is 7. The van der Waals surface area contributed by atoms with Gasteiger partial charge in [-0.05, 0) is 63.9 Å². The van der Waals surface area contributed by atoms with E-state index in [1.807, 2.05) is 31.2 Å². The Morgan fingerprint density at radius 1 is 1.32 bits per heavy atom. The molecule has 1 heterocycles. The summed E-state index contributed by atoms with van der Waals surface area (Å²) >= 11 is 0. The lowest BCUT2D eigenvalue weighted by Gasteiger charge is -2.22. The first-order valence-corrected chi connectivity index (χ1v) is 7.93. The molecule has 1 aromatic heterocycles. The Morgan fingerprint density at radius 2 is 2.05 bits per heavy atom. The van der Waals surface area contributed by atoms with E-state index in [1.54, 1.807) is 0 Å². The predicted octanol–water partition coefficient (Wildman–Crippen LogP) is 3.37. The third-order valence-corrected chi connectivity index (χ3v) is 4.28. The number of ether oxygens (including phenoxy) is 1. The third kappa shape index (κ3) is 3.47. The molecule has 0 aliphatic heterocycles. The van der Waals surface area contributed by atoms with Crippen LogP contribution in [0.4, 0.5) is 0 Å². The Kier molecular flexibility index (Phi) is 4.43. The fourth-order valence-electron chi connectivity index (χ4n) is 2.60. The molecule has 22 heavy (non-hydrogen) atoms. The second-order valence-corrected chi connectivity index (χ2v) is 5.96. The standard InChI is InChI=1S/C17H23N3O2/c1-4-21-15-9-7-14(8-10-15)17-18-16(22-19-17)11-20(3)12(2)13-5-6-13/h7-10,12-13H,4-6,11H2,1-3H3. The minimum Gasteiger partial charge on any atom is -0.494 e. The highest BCUT2D eigenvalue weighted by atomic mass is 16.5. The maximum absolute atomic E-state index is 5.44. The first kappa shape index (κ1) is 15.0. The van der Waals surface area contributed by atoms with E-state index in [4.69, 9.17) is 9.26 Å². The molecule has 0 radical (unpaired) electrons. The van der Waals surface area contributed by atoms with Crippen molar-refractivity contribution in [1.82, 2.24) is 15.0 Å². The Morgan fingerprint density at radius 3 is 2.68 bits per heavy atom. The second kappa shape index (κ2) is 6.48. The summed E-state index contributed by atoms with van der Waals surface area (Å²) in [6.45, 7) is 5.60. The van der Waals surface area contributed by atoms with E-state index in [0.29, 0.717) is 30.9 Å². The summed E-state index contributed by atoms with van der Waals surface area (Å²) in [5, 5.41) is 4.08. The fraction of sp³-hybridized carbons (Fsp3) is 0.529. The lowest BCUT2D eigenvalue weighted by atomic mass is 10.2. The van der Waals surface area contributed by atoms with Crippen molar-refractivity contribution in [2.24, 2.45) is 5.92 Å². The van der Waals surface area contributed by atoms with Crippen LogP contribution in [0, 0.1) is 5.92 Å². The van der Waals surface area contributed by atoms with Gasteiger partial charge in [0.15, 0.2) is 0 Å². The van der Waals surface area contributed by atoms with Crippen molar-refractivity contribution in [2.45, 2.75) is 39.3 Å². The summed E-state index contributed by atoms with van der Waals surface area (Å²) in [5.74, 6) is 2.98. The van der Waals surface area contributed by atoms with E-state index in [-0.39, 0.29) is 0 Å². The van der Waals surface area contributed by atoms with Crippen LogP contribution in [0.2, 0.25) is 0 Å². The van der Waals surface area contributed by atoms with Gasteiger partial charge in [-0.15, -0.1) is 0 Å². The van der Waals surface area contributed by atoms with Crippen molar-refractivity contribution in [3.63, 3.8) is 0 Å². The quantitative estimate of drug-likeness (QED) is 0.785. The second-order valence-electron chi connectivity index (χ2n) is 5.96. The van der Waals surface area contributed by atoms with Crippen LogP contribution >= 0.6 is 0 Å². The molecule has 5 heteroatoms. The Hall–Kier alpha value is -1.88. The number of hydrogen-bond donors (Lipinski definition) is 0. The summed E-state index contributed by atoms with van der Waals surface area (Å²) in [7, 11) is 2.11. The van der Waals surface area contributed by atoms with E-state index in [0.717, 1.165) is 17.2 Å². The van der Waals surface area contributed by atoms with E-state index < -0.39 is 0 Å². The molecule has 2 aromatic rings. The summed E-state index contributed by atoms with van der Waals surface area (Å²) in [4.78, 5) is 6.78. The molecule has 118 valence electrons. The van der Waals surface area contributed by atoms with E-state index >= 15 is 0 Å². The Bertz CT molecular complexity index is 605.